The molecule has 2 aliphatic rings. The normalized spacial score (nSPS) is 28.2. The first-order valence-corrected chi connectivity index (χ1v) is 8.67. The summed E-state index contributed by atoms with van der Waals surface area (Å²) < 4.78 is 7.63. The molecule has 2 aromatic carbocycles. The smallest absolute Gasteiger partial charge is 0.154 e. The molecule has 116 valence electrons. The van der Waals surface area contributed by atoms with Gasteiger partial charge in [-0.25, -0.2) is 0 Å². The Kier molecular flexibility index (Phi) is 3.11. The van der Waals surface area contributed by atoms with Gasteiger partial charge in [0.15, 0.2) is 5.60 Å². The maximum absolute atomic E-state index is 6.55. The topological polar surface area (TPSA) is 9.23 Å². The third kappa shape index (κ3) is 2.12. The Morgan fingerprint density at radius 3 is 2.78 bits per heavy atom. The summed E-state index contributed by atoms with van der Waals surface area (Å²) in [5.74, 6) is 0.953. The minimum Gasteiger partial charge on any atom is -0.478 e. The van der Waals surface area contributed by atoms with E-state index in [0.717, 1.165) is 22.2 Å². The molecule has 1 nitrogen and oxygen atoms in total. The van der Waals surface area contributed by atoms with Gasteiger partial charge in [-0.3, -0.25) is 0 Å². The second-order valence-electron chi connectivity index (χ2n) is 6.87. The molecule has 0 radical (unpaired) electrons. The highest BCUT2D eigenvalue weighted by molar-refractivity contribution is 9.10. The van der Waals surface area contributed by atoms with Crippen molar-refractivity contribution in [3.8, 4) is 5.75 Å². The Morgan fingerprint density at radius 1 is 1.17 bits per heavy atom. The molecule has 0 N–H and O–H groups in total. The van der Waals surface area contributed by atoms with Crippen molar-refractivity contribution in [3.05, 3.63) is 87.9 Å². The Morgan fingerprint density at radius 2 is 2.00 bits per heavy atom. The largest absolute Gasteiger partial charge is 0.478 e. The maximum atomic E-state index is 6.55. The molecule has 23 heavy (non-hydrogen) atoms. The number of hydrogen-bond donors (Lipinski definition) is 0. The van der Waals surface area contributed by atoms with Crippen LogP contribution in [-0.2, 0) is 11.0 Å². The van der Waals surface area contributed by atoms with Crippen LogP contribution in [0.25, 0.3) is 0 Å². The van der Waals surface area contributed by atoms with E-state index in [1.54, 1.807) is 0 Å². The molecule has 0 fully saturated rings. The maximum Gasteiger partial charge on any atom is 0.154 e. The Labute approximate surface area is 145 Å². The molecule has 0 spiro atoms. The van der Waals surface area contributed by atoms with Crippen LogP contribution in [0.1, 0.15) is 30.0 Å². The first-order valence-electron chi connectivity index (χ1n) is 7.88. The van der Waals surface area contributed by atoms with E-state index < -0.39 is 5.60 Å². The lowest BCUT2D eigenvalue weighted by Crippen LogP contribution is -2.46. The van der Waals surface area contributed by atoms with E-state index in [9.17, 15) is 0 Å². The molecule has 2 atom stereocenters. The SMILES string of the molecule is C=C1C=C[C@@]2(c3cccc(C)c3)C[C@]1(C)c1cc(Br)ccc1O2. The summed E-state index contributed by atoms with van der Waals surface area (Å²) in [5, 5.41) is 0. The molecule has 4 rings (SSSR count). The quantitative estimate of drug-likeness (QED) is 0.617. The van der Waals surface area contributed by atoms with Gasteiger partial charge in [0.1, 0.15) is 5.75 Å². The average Bonchev–Trinajstić information content (AvgIpc) is 2.52. The fraction of sp³-hybridized carbons (Fsp3) is 0.238. The third-order valence-electron chi connectivity index (χ3n) is 5.21. The summed E-state index contributed by atoms with van der Waals surface area (Å²) in [4.78, 5) is 0. The second kappa shape index (κ2) is 4.85. The van der Waals surface area contributed by atoms with E-state index >= 15 is 0 Å². The lowest BCUT2D eigenvalue weighted by atomic mass is 9.62. The van der Waals surface area contributed by atoms with Crippen LogP contribution >= 0.6 is 15.9 Å². The molecule has 0 saturated heterocycles. The van der Waals surface area contributed by atoms with Crippen molar-refractivity contribution in [2.45, 2.75) is 31.3 Å². The predicted molar refractivity (Wildman–Crippen MR) is 97.9 cm³/mol. The number of ether oxygens (including phenoxy) is 1. The molecule has 1 aliphatic heterocycles. The second-order valence-corrected chi connectivity index (χ2v) is 7.78. The van der Waals surface area contributed by atoms with Crippen molar-refractivity contribution in [2.24, 2.45) is 0 Å². The number of fused-ring (bicyclic) bond motifs is 4. The molecule has 2 aromatic rings. The van der Waals surface area contributed by atoms with E-state index in [0.29, 0.717) is 0 Å². The van der Waals surface area contributed by atoms with Crippen molar-refractivity contribution < 1.29 is 4.74 Å². The molecule has 0 saturated carbocycles. The minimum absolute atomic E-state index is 0.115. The molecule has 2 heteroatoms. The summed E-state index contributed by atoms with van der Waals surface area (Å²) in [6, 6.07) is 14.9. The van der Waals surface area contributed by atoms with Crippen LogP contribution < -0.4 is 4.74 Å². The molecular formula is C21H19BrO. The van der Waals surface area contributed by atoms with Gasteiger partial charge in [-0.15, -0.1) is 0 Å². The van der Waals surface area contributed by atoms with Gasteiger partial charge < -0.3 is 4.74 Å². The van der Waals surface area contributed by atoms with Gasteiger partial charge in [-0.1, -0.05) is 65.3 Å². The molecule has 0 amide bonds. The van der Waals surface area contributed by atoms with Crippen molar-refractivity contribution >= 4 is 15.9 Å². The molecular weight excluding hydrogens is 348 g/mol. The number of rotatable bonds is 1. The zero-order valence-electron chi connectivity index (χ0n) is 13.4. The highest BCUT2D eigenvalue weighted by Crippen LogP contribution is 2.55. The summed E-state index contributed by atoms with van der Waals surface area (Å²) in [5.41, 5.74) is 4.29. The number of benzene rings is 2. The highest BCUT2D eigenvalue weighted by Gasteiger charge is 2.50. The summed E-state index contributed by atoms with van der Waals surface area (Å²) in [6.45, 7) is 8.72. The van der Waals surface area contributed by atoms with Crippen molar-refractivity contribution in [1.82, 2.24) is 0 Å². The van der Waals surface area contributed by atoms with E-state index in [4.69, 9.17) is 4.74 Å². The fourth-order valence-corrected chi connectivity index (χ4v) is 4.20. The van der Waals surface area contributed by atoms with Gasteiger partial charge in [-0.05, 0) is 42.3 Å². The number of allylic oxidation sites excluding steroid dienone is 2. The monoisotopic (exact) mass is 366 g/mol. The number of aryl methyl sites for hydroxylation is 1. The zero-order chi connectivity index (χ0) is 16.2. The summed E-state index contributed by atoms with van der Waals surface area (Å²) in [7, 11) is 0. The minimum atomic E-state index is -0.414. The number of halogens is 1. The van der Waals surface area contributed by atoms with E-state index in [2.05, 4.69) is 84.9 Å². The van der Waals surface area contributed by atoms with E-state index in [-0.39, 0.29) is 5.41 Å². The van der Waals surface area contributed by atoms with Gasteiger partial charge in [0.2, 0.25) is 0 Å². The van der Waals surface area contributed by atoms with Crippen LogP contribution in [0, 0.1) is 6.92 Å². The van der Waals surface area contributed by atoms with Crippen LogP contribution in [0.5, 0.6) is 5.75 Å². The van der Waals surface area contributed by atoms with Crippen molar-refractivity contribution in [2.75, 3.05) is 0 Å². The van der Waals surface area contributed by atoms with Crippen molar-refractivity contribution in [3.63, 3.8) is 0 Å². The van der Waals surface area contributed by atoms with Crippen molar-refractivity contribution in [1.29, 1.82) is 0 Å². The molecule has 0 aromatic heterocycles. The fourth-order valence-electron chi connectivity index (χ4n) is 3.84. The lowest BCUT2D eigenvalue weighted by Gasteiger charge is -2.49. The molecule has 0 unspecified atom stereocenters. The molecule has 1 heterocycles. The van der Waals surface area contributed by atoms with Crippen LogP contribution in [0.3, 0.4) is 0 Å². The van der Waals surface area contributed by atoms with E-state index in [1.807, 2.05) is 6.07 Å². The Hall–Kier alpha value is -1.80. The Bertz CT molecular complexity index is 851. The average molecular weight is 367 g/mol. The highest BCUT2D eigenvalue weighted by atomic mass is 79.9. The van der Waals surface area contributed by atoms with Crippen LogP contribution in [0.4, 0.5) is 0 Å². The van der Waals surface area contributed by atoms with Gasteiger partial charge >= 0.3 is 0 Å². The molecule has 2 bridgehead atoms. The first kappa shape index (κ1) is 14.8. The third-order valence-corrected chi connectivity index (χ3v) is 5.71. The zero-order valence-corrected chi connectivity index (χ0v) is 15.0. The van der Waals surface area contributed by atoms with E-state index in [1.165, 1.54) is 16.7 Å². The standard InChI is InChI=1S/C21H19BrO/c1-14-5-4-6-16(11-14)21-10-9-15(2)20(3,13-21)18-12-17(22)7-8-19(18)23-21/h4-12H,2,13H2,1,3H3/t20-,21-/m0/s1. The predicted octanol–water partition coefficient (Wildman–Crippen LogP) is 5.82. The number of hydrogen-bond acceptors (Lipinski definition) is 1. The van der Waals surface area contributed by atoms with Gasteiger partial charge in [0.05, 0.1) is 0 Å². The molecule has 1 aliphatic carbocycles. The van der Waals surface area contributed by atoms with Crippen LogP contribution in [0.2, 0.25) is 0 Å². The van der Waals surface area contributed by atoms with Gasteiger partial charge in [0, 0.05) is 21.9 Å². The van der Waals surface area contributed by atoms with Crippen LogP contribution in [-0.4, -0.2) is 0 Å². The lowest BCUT2D eigenvalue weighted by molar-refractivity contribution is 0.0600. The van der Waals surface area contributed by atoms with Gasteiger partial charge in [-0.2, -0.15) is 0 Å². The first-order chi connectivity index (χ1) is 10.9. The van der Waals surface area contributed by atoms with Crippen LogP contribution in [0.15, 0.2) is 71.2 Å². The Balaban J connectivity index is 1.96. The summed E-state index contributed by atoms with van der Waals surface area (Å²) >= 11 is 3.59. The van der Waals surface area contributed by atoms with Gasteiger partial charge in [0.25, 0.3) is 0 Å². The summed E-state index contributed by atoms with van der Waals surface area (Å²) in [6.07, 6.45) is 5.19.